The Balaban J connectivity index is 0.000000758. The maximum atomic E-state index is 11.8. The van der Waals surface area contributed by atoms with Crippen LogP contribution in [0.4, 0.5) is 10.5 Å². The van der Waals surface area contributed by atoms with Gasteiger partial charge in [0.05, 0.1) is 12.2 Å². The Bertz CT molecular complexity index is 600. The first-order valence-electron chi connectivity index (χ1n) is 9.43. The van der Waals surface area contributed by atoms with Crippen LogP contribution in [-0.4, -0.2) is 49.6 Å². The van der Waals surface area contributed by atoms with E-state index in [0.717, 1.165) is 49.5 Å². The standard InChI is InChI=1S/C16H22N4O3.C3H8/c21-15(20-6-1-2-7-20)11-19-16(22)18-10-12-3-4-13-14(9-12)23-8-5-17-13;1-3-2/h3-4,9,17H,1-2,5-8,10-11H2,(H2,18,19,22);3H2,1-2H3. The molecule has 1 fully saturated rings. The number of anilines is 1. The fraction of sp³-hybridized carbons (Fsp3) is 0.579. The highest BCUT2D eigenvalue weighted by Gasteiger charge is 2.18. The number of ether oxygens (including phenoxy) is 1. The van der Waals surface area contributed by atoms with E-state index in [1.165, 1.54) is 6.42 Å². The average Bonchev–Trinajstić information content (AvgIpc) is 3.20. The Labute approximate surface area is 155 Å². The molecular weight excluding hydrogens is 332 g/mol. The van der Waals surface area contributed by atoms with Gasteiger partial charge in [-0.05, 0) is 30.5 Å². The highest BCUT2D eigenvalue weighted by Crippen LogP contribution is 2.27. The summed E-state index contributed by atoms with van der Waals surface area (Å²) in [5.41, 5.74) is 1.93. The summed E-state index contributed by atoms with van der Waals surface area (Å²) < 4.78 is 5.57. The van der Waals surface area contributed by atoms with Gasteiger partial charge in [0.2, 0.25) is 5.91 Å². The second-order valence-corrected chi connectivity index (χ2v) is 6.44. The molecular formula is C19H30N4O3. The zero-order valence-electron chi connectivity index (χ0n) is 15.8. The smallest absolute Gasteiger partial charge is 0.315 e. The van der Waals surface area contributed by atoms with Gasteiger partial charge in [-0.25, -0.2) is 4.79 Å². The van der Waals surface area contributed by atoms with Crippen LogP contribution in [0.15, 0.2) is 18.2 Å². The second-order valence-electron chi connectivity index (χ2n) is 6.44. The Kier molecular flexibility index (Phi) is 8.05. The highest BCUT2D eigenvalue weighted by atomic mass is 16.5. The van der Waals surface area contributed by atoms with Crippen molar-refractivity contribution < 1.29 is 14.3 Å². The van der Waals surface area contributed by atoms with Gasteiger partial charge in [0.25, 0.3) is 0 Å². The average molecular weight is 362 g/mol. The molecule has 3 amide bonds. The van der Waals surface area contributed by atoms with Crippen molar-refractivity contribution in [1.29, 1.82) is 0 Å². The van der Waals surface area contributed by atoms with E-state index in [0.29, 0.717) is 13.2 Å². The van der Waals surface area contributed by atoms with E-state index in [1.807, 2.05) is 18.2 Å². The van der Waals surface area contributed by atoms with Crippen LogP contribution in [0.25, 0.3) is 0 Å². The molecule has 0 aromatic heterocycles. The number of carbonyl (C=O) groups is 2. The van der Waals surface area contributed by atoms with Gasteiger partial charge in [0.15, 0.2) is 0 Å². The first-order chi connectivity index (χ1) is 12.6. The molecule has 0 unspecified atom stereocenters. The summed E-state index contributed by atoms with van der Waals surface area (Å²) in [4.78, 5) is 25.4. The zero-order chi connectivity index (χ0) is 18.8. The molecule has 0 aliphatic carbocycles. The molecule has 0 radical (unpaired) electrons. The van der Waals surface area contributed by atoms with Gasteiger partial charge in [-0.2, -0.15) is 0 Å². The molecule has 0 saturated carbocycles. The number of rotatable bonds is 4. The Morgan fingerprint density at radius 1 is 1.19 bits per heavy atom. The van der Waals surface area contributed by atoms with Crippen molar-refractivity contribution in [2.75, 3.05) is 38.1 Å². The molecule has 26 heavy (non-hydrogen) atoms. The quantitative estimate of drug-likeness (QED) is 0.768. The largest absolute Gasteiger partial charge is 0.490 e. The molecule has 0 bridgehead atoms. The van der Waals surface area contributed by atoms with E-state index in [4.69, 9.17) is 4.74 Å². The van der Waals surface area contributed by atoms with Crippen LogP contribution in [-0.2, 0) is 11.3 Å². The van der Waals surface area contributed by atoms with Crippen molar-refractivity contribution in [2.45, 2.75) is 39.7 Å². The van der Waals surface area contributed by atoms with E-state index in [2.05, 4.69) is 29.8 Å². The third-order valence-electron chi connectivity index (χ3n) is 4.03. The lowest BCUT2D eigenvalue weighted by molar-refractivity contribution is -0.128. The number of urea groups is 1. The molecule has 1 saturated heterocycles. The molecule has 1 aromatic carbocycles. The number of hydrogen-bond donors (Lipinski definition) is 3. The number of amides is 3. The molecule has 2 heterocycles. The lowest BCUT2D eigenvalue weighted by Gasteiger charge is -2.20. The number of carbonyl (C=O) groups excluding carboxylic acids is 2. The molecule has 3 N–H and O–H groups in total. The normalized spacial score (nSPS) is 14.9. The van der Waals surface area contributed by atoms with Crippen molar-refractivity contribution in [3.05, 3.63) is 23.8 Å². The van der Waals surface area contributed by atoms with Crippen LogP contribution in [0.3, 0.4) is 0 Å². The van der Waals surface area contributed by atoms with Crippen molar-refractivity contribution in [2.24, 2.45) is 0 Å². The maximum Gasteiger partial charge on any atom is 0.315 e. The van der Waals surface area contributed by atoms with E-state index in [-0.39, 0.29) is 18.5 Å². The van der Waals surface area contributed by atoms with Crippen LogP contribution in [0, 0.1) is 0 Å². The molecule has 144 valence electrons. The number of nitrogens with one attached hydrogen (secondary N) is 3. The third-order valence-corrected chi connectivity index (χ3v) is 4.03. The van der Waals surface area contributed by atoms with Crippen LogP contribution >= 0.6 is 0 Å². The zero-order valence-corrected chi connectivity index (χ0v) is 15.8. The third kappa shape index (κ3) is 6.13. The first-order valence-corrected chi connectivity index (χ1v) is 9.43. The summed E-state index contributed by atoms with van der Waals surface area (Å²) in [6, 6.07) is 5.46. The monoisotopic (exact) mass is 362 g/mol. The van der Waals surface area contributed by atoms with Crippen molar-refractivity contribution in [3.63, 3.8) is 0 Å². The van der Waals surface area contributed by atoms with Gasteiger partial charge in [0.1, 0.15) is 12.4 Å². The van der Waals surface area contributed by atoms with Gasteiger partial charge in [0, 0.05) is 26.2 Å². The Morgan fingerprint density at radius 3 is 2.65 bits per heavy atom. The number of likely N-dealkylation sites (tertiary alicyclic amines) is 1. The molecule has 3 rings (SSSR count). The molecule has 7 nitrogen and oxygen atoms in total. The first kappa shape index (κ1) is 19.9. The molecule has 2 aliphatic heterocycles. The predicted molar refractivity (Wildman–Crippen MR) is 102 cm³/mol. The second kappa shape index (κ2) is 10.5. The highest BCUT2D eigenvalue weighted by molar-refractivity contribution is 5.84. The lowest BCUT2D eigenvalue weighted by atomic mass is 10.1. The fourth-order valence-corrected chi connectivity index (χ4v) is 2.77. The SMILES string of the molecule is CCC.O=C(NCC(=O)N1CCCC1)NCc1ccc2c(c1)OCCN2. The molecule has 2 aliphatic rings. The van der Waals surface area contributed by atoms with Crippen LogP contribution < -0.4 is 20.7 Å². The number of nitrogens with zero attached hydrogens (tertiary/aromatic N) is 1. The number of fused-ring (bicyclic) bond motifs is 1. The van der Waals surface area contributed by atoms with Crippen LogP contribution in [0.1, 0.15) is 38.7 Å². The van der Waals surface area contributed by atoms with E-state index >= 15 is 0 Å². The minimum Gasteiger partial charge on any atom is -0.490 e. The van der Waals surface area contributed by atoms with Gasteiger partial charge >= 0.3 is 6.03 Å². The van der Waals surface area contributed by atoms with Crippen molar-refractivity contribution in [3.8, 4) is 5.75 Å². The minimum atomic E-state index is -0.339. The fourth-order valence-electron chi connectivity index (χ4n) is 2.77. The molecule has 7 heteroatoms. The summed E-state index contributed by atoms with van der Waals surface area (Å²) >= 11 is 0. The van der Waals surface area contributed by atoms with Crippen molar-refractivity contribution in [1.82, 2.24) is 15.5 Å². The van der Waals surface area contributed by atoms with Gasteiger partial charge < -0.3 is 25.6 Å². The summed E-state index contributed by atoms with van der Waals surface area (Å²) in [5.74, 6) is 0.783. The summed E-state index contributed by atoms with van der Waals surface area (Å²) in [7, 11) is 0. The molecule has 0 spiro atoms. The van der Waals surface area contributed by atoms with E-state index in [9.17, 15) is 9.59 Å². The number of hydrogen-bond acceptors (Lipinski definition) is 4. The number of benzene rings is 1. The van der Waals surface area contributed by atoms with Gasteiger partial charge in [-0.15, -0.1) is 0 Å². The Hall–Kier alpha value is -2.44. The maximum absolute atomic E-state index is 11.8. The van der Waals surface area contributed by atoms with Crippen LogP contribution in [0.5, 0.6) is 5.75 Å². The van der Waals surface area contributed by atoms with Crippen molar-refractivity contribution >= 4 is 17.6 Å². The lowest BCUT2D eigenvalue weighted by Crippen LogP contribution is -2.42. The summed E-state index contributed by atoms with van der Waals surface area (Å²) in [6.45, 7) is 7.72. The topological polar surface area (TPSA) is 82.7 Å². The van der Waals surface area contributed by atoms with Gasteiger partial charge in [-0.1, -0.05) is 26.3 Å². The predicted octanol–water partition coefficient (Wildman–Crippen LogP) is 2.33. The van der Waals surface area contributed by atoms with Gasteiger partial charge in [-0.3, -0.25) is 4.79 Å². The van der Waals surface area contributed by atoms with Crippen LogP contribution in [0.2, 0.25) is 0 Å². The Morgan fingerprint density at radius 2 is 1.92 bits per heavy atom. The molecule has 1 aromatic rings. The molecule has 0 atom stereocenters. The minimum absolute atomic E-state index is 0.0223. The summed E-state index contributed by atoms with van der Waals surface area (Å²) in [6.07, 6.45) is 3.35. The van der Waals surface area contributed by atoms with E-state index < -0.39 is 0 Å². The summed E-state index contributed by atoms with van der Waals surface area (Å²) in [5, 5.41) is 8.61. The van der Waals surface area contributed by atoms with E-state index in [1.54, 1.807) is 4.90 Å².